The molecule has 0 aliphatic carbocycles. The van der Waals surface area contributed by atoms with E-state index in [9.17, 15) is 13.2 Å². The van der Waals surface area contributed by atoms with E-state index >= 15 is 0 Å². The number of nitrogens with zero attached hydrogens (tertiary/aromatic N) is 1. The number of anilines is 2. The summed E-state index contributed by atoms with van der Waals surface area (Å²) in [6.45, 7) is 2.50. The molecule has 156 valence electrons. The lowest BCUT2D eigenvalue weighted by molar-refractivity contribution is -0.119. The predicted molar refractivity (Wildman–Crippen MR) is 120 cm³/mol. The van der Waals surface area contributed by atoms with Gasteiger partial charge in [0.1, 0.15) is 0 Å². The monoisotopic (exact) mass is 423 g/mol. The minimum absolute atomic E-state index is 0.0455. The number of rotatable bonds is 8. The summed E-state index contributed by atoms with van der Waals surface area (Å²) in [5.74, 6) is -0.176. The lowest BCUT2D eigenvalue weighted by Gasteiger charge is -2.20. The largest absolute Gasteiger partial charge is 0.376 e. The molecule has 3 rings (SSSR count). The summed E-state index contributed by atoms with van der Waals surface area (Å²) in [5.41, 5.74) is 3.32. The standard InChI is InChI=1S/C23H25N3O3S/c1-18-11-13-19(14-12-18)16-25-23(27)17-24-20-7-6-10-22(15-20)30(28,29)26(2)21-8-4-3-5-9-21/h3-15,24H,16-17H2,1-2H3,(H,25,27). The van der Waals surface area contributed by atoms with Gasteiger partial charge in [0.25, 0.3) is 10.0 Å². The number of benzene rings is 3. The summed E-state index contributed by atoms with van der Waals surface area (Å²) in [7, 11) is -2.19. The van der Waals surface area contributed by atoms with Crippen molar-refractivity contribution < 1.29 is 13.2 Å². The summed E-state index contributed by atoms with van der Waals surface area (Å²) in [6.07, 6.45) is 0. The number of nitrogens with one attached hydrogen (secondary N) is 2. The first kappa shape index (κ1) is 21.4. The van der Waals surface area contributed by atoms with Gasteiger partial charge in [0.2, 0.25) is 5.91 Å². The Bertz CT molecular complexity index is 1100. The van der Waals surface area contributed by atoms with Crippen LogP contribution in [0, 0.1) is 6.92 Å². The fourth-order valence-electron chi connectivity index (χ4n) is 2.85. The number of sulfonamides is 1. The molecule has 7 heteroatoms. The van der Waals surface area contributed by atoms with E-state index in [4.69, 9.17) is 0 Å². The minimum atomic E-state index is -3.71. The van der Waals surface area contributed by atoms with Crippen LogP contribution in [0.4, 0.5) is 11.4 Å². The van der Waals surface area contributed by atoms with Crippen LogP contribution in [0.1, 0.15) is 11.1 Å². The van der Waals surface area contributed by atoms with Gasteiger partial charge in [-0.2, -0.15) is 0 Å². The van der Waals surface area contributed by atoms with Crippen molar-refractivity contribution in [1.82, 2.24) is 5.32 Å². The molecule has 0 aliphatic rings. The van der Waals surface area contributed by atoms with Crippen LogP contribution in [0.15, 0.2) is 83.8 Å². The van der Waals surface area contributed by atoms with Crippen LogP contribution in [0.3, 0.4) is 0 Å². The Kier molecular flexibility index (Phi) is 6.74. The summed E-state index contributed by atoms with van der Waals surface area (Å²) < 4.78 is 27.1. The summed E-state index contributed by atoms with van der Waals surface area (Å²) in [5, 5.41) is 5.83. The first-order valence-electron chi connectivity index (χ1n) is 9.56. The fourth-order valence-corrected chi connectivity index (χ4v) is 4.09. The van der Waals surface area contributed by atoms with Gasteiger partial charge in [0.15, 0.2) is 0 Å². The Hall–Kier alpha value is -3.32. The van der Waals surface area contributed by atoms with E-state index < -0.39 is 10.0 Å². The molecule has 6 nitrogen and oxygen atoms in total. The molecule has 2 N–H and O–H groups in total. The lowest BCUT2D eigenvalue weighted by atomic mass is 10.1. The smallest absolute Gasteiger partial charge is 0.264 e. The van der Waals surface area contributed by atoms with Crippen molar-refractivity contribution >= 4 is 27.3 Å². The zero-order valence-electron chi connectivity index (χ0n) is 17.0. The number of carbonyl (C=O) groups is 1. The van der Waals surface area contributed by atoms with Crippen molar-refractivity contribution in [3.8, 4) is 0 Å². The number of aryl methyl sites for hydroxylation is 1. The first-order chi connectivity index (χ1) is 14.4. The first-order valence-corrected chi connectivity index (χ1v) is 11.0. The van der Waals surface area contributed by atoms with E-state index in [1.54, 1.807) is 36.4 Å². The van der Waals surface area contributed by atoms with Crippen LogP contribution in [-0.2, 0) is 21.4 Å². The molecule has 0 aliphatic heterocycles. The van der Waals surface area contributed by atoms with Crippen LogP contribution in [0.5, 0.6) is 0 Å². The number of carbonyl (C=O) groups excluding carboxylic acids is 1. The highest BCUT2D eigenvalue weighted by atomic mass is 32.2. The van der Waals surface area contributed by atoms with Gasteiger partial charge in [-0.25, -0.2) is 8.42 Å². The second kappa shape index (κ2) is 9.45. The quantitative estimate of drug-likeness (QED) is 0.581. The van der Waals surface area contributed by atoms with Gasteiger partial charge in [0, 0.05) is 19.3 Å². The van der Waals surface area contributed by atoms with Crippen molar-refractivity contribution in [2.45, 2.75) is 18.4 Å². The summed E-state index contributed by atoms with van der Waals surface area (Å²) >= 11 is 0. The Morgan fingerprint density at radius 2 is 1.63 bits per heavy atom. The molecule has 0 atom stereocenters. The molecule has 0 aromatic heterocycles. The highest BCUT2D eigenvalue weighted by Crippen LogP contribution is 2.23. The van der Waals surface area contributed by atoms with Crippen molar-refractivity contribution in [2.75, 3.05) is 23.2 Å². The molecule has 0 radical (unpaired) electrons. The zero-order chi connectivity index (χ0) is 21.6. The van der Waals surface area contributed by atoms with Crippen molar-refractivity contribution in [3.05, 3.63) is 90.0 Å². The third kappa shape index (κ3) is 5.39. The Labute approximate surface area is 177 Å². The third-order valence-electron chi connectivity index (χ3n) is 4.68. The SMILES string of the molecule is Cc1ccc(CNC(=O)CNc2cccc(S(=O)(=O)N(C)c3ccccc3)c2)cc1. The number of hydrogen-bond acceptors (Lipinski definition) is 4. The molecule has 0 bridgehead atoms. The highest BCUT2D eigenvalue weighted by Gasteiger charge is 2.21. The molecule has 30 heavy (non-hydrogen) atoms. The van der Waals surface area contributed by atoms with Crippen LogP contribution >= 0.6 is 0 Å². The van der Waals surface area contributed by atoms with Gasteiger partial charge in [-0.15, -0.1) is 0 Å². The molecule has 0 saturated heterocycles. The van der Waals surface area contributed by atoms with E-state index in [2.05, 4.69) is 10.6 Å². The van der Waals surface area contributed by atoms with Gasteiger partial charge in [-0.3, -0.25) is 9.10 Å². The third-order valence-corrected chi connectivity index (χ3v) is 6.46. The van der Waals surface area contributed by atoms with Gasteiger partial charge < -0.3 is 10.6 Å². The van der Waals surface area contributed by atoms with E-state index in [0.29, 0.717) is 17.9 Å². The maximum absolute atomic E-state index is 12.9. The van der Waals surface area contributed by atoms with E-state index in [1.807, 2.05) is 37.3 Å². The maximum Gasteiger partial charge on any atom is 0.264 e. The van der Waals surface area contributed by atoms with Crippen LogP contribution in [0.25, 0.3) is 0 Å². The molecule has 0 heterocycles. The minimum Gasteiger partial charge on any atom is -0.376 e. The lowest BCUT2D eigenvalue weighted by Crippen LogP contribution is -2.29. The molecule has 0 unspecified atom stereocenters. The topological polar surface area (TPSA) is 78.5 Å². The zero-order valence-corrected chi connectivity index (χ0v) is 17.8. The van der Waals surface area contributed by atoms with Crippen molar-refractivity contribution in [3.63, 3.8) is 0 Å². The van der Waals surface area contributed by atoms with E-state index in [-0.39, 0.29) is 17.3 Å². The predicted octanol–water partition coefficient (Wildman–Crippen LogP) is 3.55. The summed E-state index contributed by atoms with van der Waals surface area (Å²) in [6, 6.07) is 23.3. The van der Waals surface area contributed by atoms with E-state index in [1.165, 1.54) is 29.0 Å². The molecule has 0 saturated carbocycles. The Morgan fingerprint density at radius 1 is 0.933 bits per heavy atom. The molecular formula is C23H25N3O3S. The molecule has 0 spiro atoms. The average molecular weight is 424 g/mol. The van der Waals surface area contributed by atoms with Crippen LogP contribution in [-0.4, -0.2) is 27.9 Å². The Morgan fingerprint density at radius 3 is 2.33 bits per heavy atom. The Balaban J connectivity index is 1.61. The second-order valence-electron chi connectivity index (χ2n) is 6.95. The van der Waals surface area contributed by atoms with Gasteiger partial charge in [0.05, 0.1) is 17.1 Å². The number of para-hydroxylation sites is 1. The second-order valence-corrected chi connectivity index (χ2v) is 8.92. The fraction of sp³-hybridized carbons (Fsp3) is 0.174. The molecule has 3 aromatic rings. The number of amides is 1. The van der Waals surface area contributed by atoms with Crippen LogP contribution in [0.2, 0.25) is 0 Å². The molecular weight excluding hydrogens is 398 g/mol. The molecule has 1 amide bonds. The molecule has 3 aromatic carbocycles. The van der Waals surface area contributed by atoms with Crippen LogP contribution < -0.4 is 14.9 Å². The highest BCUT2D eigenvalue weighted by molar-refractivity contribution is 7.92. The van der Waals surface area contributed by atoms with E-state index in [0.717, 1.165) is 5.56 Å². The normalized spacial score (nSPS) is 11.0. The van der Waals surface area contributed by atoms with Crippen molar-refractivity contribution in [2.24, 2.45) is 0 Å². The molecule has 0 fully saturated rings. The average Bonchev–Trinajstić information content (AvgIpc) is 2.77. The maximum atomic E-state index is 12.9. The van der Waals surface area contributed by atoms with Gasteiger partial charge >= 0.3 is 0 Å². The van der Waals surface area contributed by atoms with Gasteiger partial charge in [-0.05, 0) is 42.8 Å². The number of hydrogen-bond donors (Lipinski definition) is 2. The van der Waals surface area contributed by atoms with Gasteiger partial charge in [-0.1, -0.05) is 54.1 Å². The summed E-state index contributed by atoms with van der Waals surface area (Å²) in [4.78, 5) is 12.3. The van der Waals surface area contributed by atoms with Crippen molar-refractivity contribution in [1.29, 1.82) is 0 Å².